The molecule has 0 spiro atoms. The predicted octanol–water partition coefficient (Wildman–Crippen LogP) is 3.23. The molecule has 0 aliphatic heterocycles. The normalized spacial score (nSPS) is 17.0. The Morgan fingerprint density at radius 2 is 2.26 bits per heavy atom. The molecule has 1 aromatic carbocycles. The molecule has 2 heterocycles. The molecule has 4 rings (SSSR count). The van der Waals surface area contributed by atoms with Crippen LogP contribution in [0.25, 0.3) is 10.2 Å². The third-order valence-corrected chi connectivity index (χ3v) is 5.15. The Labute approximate surface area is 137 Å². The van der Waals surface area contributed by atoms with E-state index in [0.717, 1.165) is 35.0 Å². The van der Waals surface area contributed by atoms with E-state index in [-0.39, 0.29) is 12.1 Å². The van der Waals surface area contributed by atoms with E-state index < -0.39 is 0 Å². The molecular weight excluding hydrogens is 310 g/mol. The molecule has 118 valence electrons. The highest BCUT2D eigenvalue weighted by molar-refractivity contribution is 7.22. The second-order valence-corrected chi connectivity index (χ2v) is 6.73. The fraction of sp³-hybridized carbons (Fsp3) is 0.312. The van der Waals surface area contributed by atoms with E-state index in [9.17, 15) is 4.79 Å². The van der Waals surface area contributed by atoms with Gasteiger partial charge in [0.1, 0.15) is 0 Å². The van der Waals surface area contributed by atoms with Gasteiger partial charge in [0.25, 0.3) is 0 Å². The molecule has 0 radical (unpaired) electrons. The van der Waals surface area contributed by atoms with Gasteiger partial charge in [-0.25, -0.2) is 9.78 Å². The minimum absolute atomic E-state index is 0.0156. The highest BCUT2D eigenvalue weighted by Crippen LogP contribution is 2.29. The SMILES string of the molecule is Cn1ncc2c1CCCC2NC(=O)Nc1nc2ccccc2s1. The molecule has 1 aliphatic carbocycles. The lowest BCUT2D eigenvalue weighted by Crippen LogP contribution is -2.34. The number of aryl methyl sites for hydroxylation is 1. The van der Waals surface area contributed by atoms with Crippen LogP contribution < -0.4 is 10.6 Å². The van der Waals surface area contributed by atoms with E-state index in [1.54, 1.807) is 0 Å². The maximum Gasteiger partial charge on any atom is 0.321 e. The van der Waals surface area contributed by atoms with Gasteiger partial charge >= 0.3 is 6.03 Å². The molecule has 0 bridgehead atoms. The summed E-state index contributed by atoms with van der Waals surface area (Å²) in [4.78, 5) is 16.7. The summed E-state index contributed by atoms with van der Waals surface area (Å²) in [6.07, 6.45) is 4.87. The number of nitrogens with zero attached hydrogens (tertiary/aromatic N) is 3. The zero-order valence-electron chi connectivity index (χ0n) is 12.7. The van der Waals surface area contributed by atoms with E-state index in [0.29, 0.717) is 5.13 Å². The number of urea groups is 1. The first-order chi connectivity index (χ1) is 11.2. The number of benzene rings is 1. The number of para-hydroxylation sites is 1. The Bertz CT molecular complexity index is 835. The van der Waals surface area contributed by atoms with Crippen LogP contribution in [0, 0.1) is 0 Å². The van der Waals surface area contributed by atoms with Crippen LogP contribution in [0.3, 0.4) is 0 Å². The van der Waals surface area contributed by atoms with E-state index >= 15 is 0 Å². The quantitative estimate of drug-likeness (QED) is 0.759. The van der Waals surface area contributed by atoms with Crippen molar-refractivity contribution in [2.24, 2.45) is 7.05 Å². The molecule has 1 atom stereocenters. The first-order valence-corrected chi connectivity index (χ1v) is 8.46. The van der Waals surface area contributed by atoms with Gasteiger partial charge in [-0.05, 0) is 31.4 Å². The molecular formula is C16H17N5OS. The number of carbonyl (C=O) groups excluding carboxylic acids is 1. The molecule has 2 N–H and O–H groups in total. The van der Waals surface area contributed by atoms with E-state index in [1.807, 2.05) is 42.2 Å². The fourth-order valence-electron chi connectivity index (χ4n) is 3.07. The Morgan fingerprint density at radius 3 is 3.13 bits per heavy atom. The second-order valence-electron chi connectivity index (χ2n) is 5.70. The average molecular weight is 327 g/mol. The maximum atomic E-state index is 12.3. The van der Waals surface area contributed by atoms with Gasteiger partial charge in [0, 0.05) is 18.3 Å². The van der Waals surface area contributed by atoms with Gasteiger partial charge in [-0.1, -0.05) is 23.5 Å². The van der Waals surface area contributed by atoms with Crippen LogP contribution in [0.15, 0.2) is 30.5 Å². The average Bonchev–Trinajstić information content (AvgIpc) is 3.11. The van der Waals surface area contributed by atoms with Gasteiger partial charge < -0.3 is 5.32 Å². The van der Waals surface area contributed by atoms with Gasteiger partial charge in [-0.3, -0.25) is 10.00 Å². The minimum Gasteiger partial charge on any atom is -0.331 e. The van der Waals surface area contributed by atoms with Gasteiger partial charge in [-0.15, -0.1) is 0 Å². The molecule has 1 unspecified atom stereocenters. The number of amides is 2. The first kappa shape index (κ1) is 14.2. The third-order valence-electron chi connectivity index (χ3n) is 4.20. The molecule has 23 heavy (non-hydrogen) atoms. The van der Waals surface area contributed by atoms with Crippen LogP contribution in [0.1, 0.15) is 30.1 Å². The van der Waals surface area contributed by atoms with Crippen molar-refractivity contribution in [1.82, 2.24) is 20.1 Å². The summed E-state index contributed by atoms with van der Waals surface area (Å²) < 4.78 is 2.96. The van der Waals surface area contributed by atoms with Crippen molar-refractivity contribution >= 4 is 32.7 Å². The van der Waals surface area contributed by atoms with Crippen LogP contribution >= 0.6 is 11.3 Å². The zero-order valence-corrected chi connectivity index (χ0v) is 13.6. The van der Waals surface area contributed by atoms with Crippen molar-refractivity contribution in [3.63, 3.8) is 0 Å². The van der Waals surface area contributed by atoms with Crippen molar-refractivity contribution in [1.29, 1.82) is 0 Å². The number of rotatable bonds is 2. The predicted molar refractivity (Wildman–Crippen MR) is 90.7 cm³/mol. The van der Waals surface area contributed by atoms with Crippen LogP contribution in [0.5, 0.6) is 0 Å². The molecule has 2 aromatic heterocycles. The number of hydrogen-bond acceptors (Lipinski definition) is 4. The number of anilines is 1. The highest BCUT2D eigenvalue weighted by Gasteiger charge is 2.24. The molecule has 1 aliphatic rings. The third kappa shape index (κ3) is 2.68. The number of hydrogen-bond donors (Lipinski definition) is 2. The Morgan fingerprint density at radius 1 is 1.39 bits per heavy atom. The van der Waals surface area contributed by atoms with E-state index in [4.69, 9.17) is 0 Å². The monoisotopic (exact) mass is 327 g/mol. The molecule has 0 saturated carbocycles. The van der Waals surface area contributed by atoms with Crippen molar-refractivity contribution in [2.45, 2.75) is 25.3 Å². The van der Waals surface area contributed by atoms with Gasteiger partial charge in [-0.2, -0.15) is 5.10 Å². The topological polar surface area (TPSA) is 71.8 Å². The molecule has 0 saturated heterocycles. The lowest BCUT2D eigenvalue weighted by atomic mass is 9.93. The number of carbonyl (C=O) groups is 1. The summed E-state index contributed by atoms with van der Waals surface area (Å²) in [7, 11) is 1.95. The number of aromatic nitrogens is 3. The minimum atomic E-state index is -0.217. The smallest absolute Gasteiger partial charge is 0.321 e. The molecule has 0 fully saturated rings. The van der Waals surface area contributed by atoms with Gasteiger partial charge in [0.2, 0.25) is 0 Å². The lowest BCUT2D eigenvalue weighted by molar-refractivity contribution is 0.247. The Balaban J connectivity index is 1.48. The number of thiazole rings is 1. The van der Waals surface area contributed by atoms with E-state index in [1.165, 1.54) is 17.0 Å². The van der Waals surface area contributed by atoms with Crippen LogP contribution in [0.4, 0.5) is 9.93 Å². The largest absolute Gasteiger partial charge is 0.331 e. The fourth-order valence-corrected chi connectivity index (χ4v) is 3.93. The van der Waals surface area contributed by atoms with Crippen molar-refractivity contribution in [3.05, 3.63) is 41.7 Å². The molecule has 2 amide bonds. The molecule has 7 heteroatoms. The van der Waals surface area contributed by atoms with Crippen LogP contribution in [0.2, 0.25) is 0 Å². The number of fused-ring (bicyclic) bond motifs is 2. The Kier molecular flexibility index (Phi) is 3.49. The molecule has 3 aromatic rings. The maximum absolute atomic E-state index is 12.3. The first-order valence-electron chi connectivity index (χ1n) is 7.64. The summed E-state index contributed by atoms with van der Waals surface area (Å²) in [6, 6.07) is 7.65. The summed E-state index contributed by atoms with van der Waals surface area (Å²) in [5, 5.41) is 10.8. The van der Waals surface area contributed by atoms with Gasteiger partial charge in [0.15, 0.2) is 5.13 Å². The van der Waals surface area contributed by atoms with Crippen molar-refractivity contribution in [2.75, 3.05) is 5.32 Å². The molecule has 6 nitrogen and oxygen atoms in total. The summed E-state index contributed by atoms with van der Waals surface area (Å²) in [5.74, 6) is 0. The summed E-state index contributed by atoms with van der Waals surface area (Å²) >= 11 is 1.48. The second kappa shape index (κ2) is 5.66. The summed E-state index contributed by atoms with van der Waals surface area (Å²) in [6.45, 7) is 0. The van der Waals surface area contributed by atoms with Crippen LogP contribution in [-0.2, 0) is 13.5 Å². The highest BCUT2D eigenvalue weighted by atomic mass is 32.1. The number of nitrogens with one attached hydrogen (secondary N) is 2. The Hall–Kier alpha value is -2.41. The lowest BCUT2D eigenvalue weighted by Gasteiger charge is -2.23. The summed E-state index contributed by atoms with van der Waals surface area (Å²) in [5.41, 5.74) is 3.24. The van der Waals surface area contributed by atoms with Crippen molar-refractivity contribution < 1.29 is 4.79 Å². The van der Waals surface area contributed by atoms with Gasteiger partial charge in [0.05, 0.1) is 22.5 Å². The standard InChI is InChI=1S/C16H17N5OS/c1-21-13-7-4-6-11(10(13)9-17-21)18-15(22)20-16-19-12-5-2-3-8-14(12)23-16/h2-3,5,8-9,11H,4,6-7H2,1H3,(H2,18,19,20,22). The van der Waals surface area contributed by atoms with Crippen LogP contribution in [-0.4, -0.2) is 20.8 Å². The van der Waals surface area contributed by atoms with Crippen molar-refractivity contribution in [3.8, 4) is 0 Å². The zero-order chi connectivity index (χ0) is 15.8. The van der Waals surface area contributed by atoms with E-state index in [2.05, 4.69) is 20.7 Å².